The highest BCUT2D eigenvalue weighted by atomic mass is 35.5. The van der Waals surface area contributed by atoms with Crippen molar-refractivity contribution in [2.45, 2.75) is 13.0 Å². The van der Waals surface area contributed by atoms with Crippen LogP contribution in [0.15, 0.2) is 47.3 Å². The topological polar surface area (TPSA) is 101 Å². The molecule has 2 N–H and O–H groups in total. The molecule has 0 radical (unpaired) electrons. The van der Waals surface area contributed by atoms with E-state index in [9.17, 15) is 19.5 Å². The van der Waals surface area contributed by atoms with Gasteiger partial charge in [-0.05, 0) is 31.2 Å². The highest BCUT2D eigenvalue weighted by Gasteiger charge is 2.23. The molecule has 0 fully saturated rings. The Morgan fingerprint density at radius 3 is 2.48 bits per heavy atom. The first-order chi connectivity index (χ1) is 12.8. The van der Waals surface area contributed by atoms with Gasteiger partial charge in [-0.3, -0.25) is 9.59 Å². The van der Waals surface area contributed by atoms with Gasteiger partial charge in [0.1, 0.15) is 6.04 Å². The van der Waals surface area contributed by atoms with Crippen LogP contribution in [0.5, 0.6) is 0 Å². The number of carboxylic acids is 1. The zero-order valence-corrected chi connectivity index (χ0v) is 15.5. The van der Waals surface area contributed by atoms with Gasteiger partial charge in [-0.15, -0.1) is 0 Å². The fourth-order valence-electron chi connectivity index (χ4n) is 2.57. The number of rotatable bonds is 4. The van der Waals surface area contributed by atoms with Crippen LogP contribution in [0.4, 0.5) is 5.69 Å². The first kappa shape index (κ1) is 18.9. The molecule has 2 aromatic carbocycles. The normalized spacial score (nSPS) is 12.0. The summed E-state index contributed by atoms with van der Waals surface area (Å²) in [6.07, 6.45) is 0. The van der Waals surface area contributed by atoms with Crippen molar-refractivity contribution in [1.82, 2.24) is 9.78 Å². The number of aromatic carboxylic acids is 1. The van der Waals surface area contributed by atoms with Gasteiger partial charge in [-0.25, -0.2) is 9.48 Å². The van der Waals surface area contributed by atoms with E-state index in [1.807, 2.05) is 0 Å². The molecule has 0 aliphatic rings. The minimum Gasteiger partial charge on any atom is -0.476 e. The first-order valence-corrected chi connectivity index (χ1v) is 8.56. The van der Waals surface area contributed by atoms with Crippen LogP contribution < -0.4 is 10.9 Å². The van der Waals surface area contributed by atoms with Gasteiger partial charge in [0.2, 0.25) is 5.91 Å². The Labute approximate surface area is 163 Å². The zero-order chi connectivity index (χ0) is 19.7. The number of nitrogens with one attached hydrogen (secondary N) is 1. The molecule has 7 nitrogen and oxygen atoms in total. The summed E-state index contributed by atoms with van der Waals surface area (Å²) in [5.41, 5.74) is -0.616. The van der Waals surface area contributed by atoms with Gasteiger partial charge in [0, 0.05) is 10.4 Å². The third-order valence-corrected chi connectivity index (χ3v) is 4.53. The number of fused-ring (bicyclic) bond motifs is 1. The summed E-state index contributed by atoms with van der Waals surface area (Å²) in [6.45, 7) is 1.43. The van der Waals surface area contributed by atoms with E-state index in [-0.39, 0.29) is 27.2 Å². The number of halogens is 2. The van der Waals surface area contributed by atoms with E-state index in [4.69, 9.17) is 23.2 Å². The summed E-state index contributed by atoms with van der Waals surface area (Å²) in [7, 11) is 0. The Bertz CT molecular complexity index is 1130. The number of nitrogens with zero attached hydrogens (tertiary/aromatic N) is 2. The van der Waals surface area contributed by atoms with Crippen LogP contribution >= 0.6 is 23.2 Å². The summed E-state index contributed by atoms with van der Waals surface area (Å²) in [5.74, 6) is -1.90. The number of aromatic nitrogens is 2. The number of carboxylic acid groups (broad SMARTS) is 1. The fourth-order valence-corrected chi connectivity index (χ4v) is 2.91. The van der Waals surface area contributed by atoms with Crippen molar-refractivity contribution >= 4 is 51.5 Å². The molecule has 0 saturated heterocycles. The molecular formula is C18H13Cl2N3O4. The standard InChI is InChI=1S/C18H13Cl2N3O4/c1-9(16(24)21-14-8-10(19)6-7-13(14)20)23-17(25)12-5-3-2-4-11(12)15(22-23)18(26)27/h2-9H,1H3,(H,21,24)(H,26,27). The summed E-state index contributed by atoms with van der Waals surface area (Å²) < 4.78 is 0.847. The van der Waals surface area contributed by atoms with Crippen LogP contribution in [0.3, 0.4) is 0 Å². The maximum Gasteiger partial charge on any atom is 0.357 e. The number of hydrogen-bond acceptors (Lipinski definition) is 4. The molecule has 27 heavy (non-hydrogen) atoms. The molecule has 3 aromatic rings. The Balaban J connectivity index is 2.05. The van der Waals surface area contributed by atoms with E-state index in [1.54, 1.807) is 18.2 Å². The van der Waals surface area contributed by atoms with Gasteiger partial charge in [0.15, 0.2) is 5.69 Å². The molecular weight excluding hydrogens is 393 g/mol. The Morgan fingerprint density at radius 2 is 1.81 bits per heavy atom. The summed E-state index contributed by atoms with van der Waals surface area (Å²) in [5, 5.41) is 16.9. The summed E-state index contributed by atoms with van der Waals surface area (Å²) in [6, 6.07) is 9.66. The second-order valence-corrected chi connectivity index (χ2v) is 6.58. The molecule has 1 heterocycles. The number of amides is 1. The lowest BCUT2D eigenvalue weighted by atomic mass is 10.1. The van der Waals surface area contributed by atoms with Crippen LogP contribution in [0.25, 0.3) is 10.8 Å². The quantitative estimate of drug-likeness (QED) is 0.690. The van der Waals surface area contributed by atoms with Crippen LogP contribution in [0.2, 0.25) is 10.0 Å². The lowest BCUT2D eigenvalue weighted by molar-refractivity contribution is -0.119. The van der Waals surface area contributed by atoms with Crippen molar-refractivity contribution in [2.24, 2.45) is 0 Å². The van der Waals surface area contributed by atoms with Crippen molar-refractivity contribution in [1.29, 1.82) is 0 Å². The molecule has 3 rings (SSSR count). The number of carbonyl (C=O) groups is 2. The van der Waals surface area contributed by atoms with Crippen LogP contribution in [0.1, 0.15) is 23.5 Å². The van der Waals surface area contributed by atoms with E-state index in [0.29, 0.717) is 5.02 Å². The second kappa shape index (κ2) is 7.38. The summed E-state index contributed by atoms with van der Waals surface area (Å²) in [4.78, 5) is 36.8. The molecule has 0 spiro atoms. The molecule has 0 aliphatic heterocycles. The zero-order valence-electron chi connectivity index (χ0n) is 13.9. The van der Waals surface area contributed by atoms with Crippen molar-refractivity contribution in [3.63, 3.8) is 0 Å². The third-order valence-electron chi connectivity index (χ3n) is 3.96. The average molecular weight is 406 g/mol. The molecule has 1 unspecified atom stereocenters. The number of hydrogen-bond donors (Lipinski definition) is 2. The highest BCUT2D eigenvalue weighted by Crippen LogP contribution is 2.26. The Kier molecular flexibility index (Phi) is 5.16. The largest absolute Gasteiger partial charge is 0.476 e. The van der Waals surface area contributed by atoms with Crippen LogP contribution in [-0.4, -0.2) is 26.8 Å². The van der Waals surface area contributed by atoms with Crippen molar-refractivity contribution in [3.8, 4) is 0 Å². The predicted molar refractivity (Wildman–Crippen MR) is 103 cm³/mol. The van der Waals surface area contributed by atoms with Gasteiger partial charge in [0.05, 0.1) is 16.1 Å². The van der Waals surface area contributed by atoms with Gasteiger partial charge >= 0.3 is 5.97 Å². The van der Waals surface area contributed by atoms with E-state index in [2.05, 4.69) is 10.4 Å². The van der Waals surface area contributed by atoms with Gasteiger partial charge in [-0.1, -0.05) is 41.4 Å². The van der Waals surface area contributed by atoms with Crippen molar-refractivity contribution in [2.75, 3.05) is 5.32 Å². The predicted octanol–water partition coefficient (Wildman–Crippen LogP) is 3.60. The maximum absolute atomic E-state index is 12.7. The Morgan fingerprint density at radius 1 is 1.15 bits per heavy atom. The van der Waals surface area contributed by atoms with Crippen LogP contribution in [0, 0.1) is 0 Å². The van der Waals surface area contributed by atoms with Crippen molar-refractivity contribution < 1.29 is 14.7 Å². The minimum absolute atomic E-state index is 0.158. The molecule has 1 atom stereocenters. The van der Waals surface area contributed by atoms with Gasteiger partial charge in [0.25, 0.3) is 5.56 Å². The van der Waals surface area contributed by atoms with Crippen molar-refractivity contribution in [3.05, 3.63) is 68.6 Å². The molecule has 1 amide bonds. The van der Waals surface area contributed by atoms with Crippen LogP contribution in [-0.2, 0) is 4.79 Å². The van der Waals surface area contributed by atoms with E-state index in [0.717, 1.165) is 4.68 Å². The monoisotopic (exact) mass is 405 g/mol. The third kappa shape index (κ3) is 3.65. The smallest absolute Gasteiger partial charge is 0.357 e. The molecule has 0 bridgehead atoms. The van der Waals surface area contributed by atoms with E-state index < -0.39 is 23.5 Å². The van der Waals surface area contributed by atoms with E-state index in [1.165, 1.54) is 31.2 Å². The van der Waals surface area contributed by atoms with Gasteiger partial charge in [-0.2, -0.15) is 5.10 Å². The second-order valence-electron chi connectivity index (χ2n) is 5.74. The first-order valence-electron chi connectivity index (χ1n) is 7.80. The molecule has 1 aromatic heterocycles. The molecule has 0 saturated carbocycles. The molecule has 9 heteroatoms. The number of benzene rings is 2. The average Bonchev–Trinajstić information content (AvgIpc) is 2.64. The van der Waals surface area contributed by atoms with E-state index >= 15 is 0 Å². The SMILES string of the molecule is CC(C(=O)Nc1cc(Cl)ccc1Cl)n1nc(C(=O)O)c2ccccc2c1=O. The number of carbonyl (C=O) groups excluding carboxylic acids is 1. The minimum atomic E-state index is -1.30. The number of anilines is 1. The lowest BCUT2D eigenvalue weighted by Crippen LogP contribution is -2.34. The molecule has 138 valence electrons. The van der Waals surface area contributed by atoms with Gasteiger partial charge < -0.3 is 10.4 Å². The summed E-state index contributed by atoms with van der Waals surface area (Å²) >= 11 is 11.9. The Hall–Kier alpha value is -2.90. The maximum atomic E-state index is 12.7. The fraction of sp³-hybridized carbons (Fsp3) is 0.111. The highest BCUT2D eigenvalue weighted by molar-refractivity contribution is 6.35. The lowest BCUT2D eigenvalue weighted by Gasteiger charge is -2.16. The molecule has 0 aliphatic carbocycles.